The number of aliphatic carboxylic acids is 1. The van der Waals surface area contributed by atoms with Gasteiger partial charge in [-0.2, -0.15) is 13.2 Å². The van der Waals surface area contributed by atoms with Crippen LogP contribution in [-0.2, 0) is 16.1 Å². The fourth-order valence-electron chi connectivity index (χ4n) is 1.33. The molecule has 0 saturated heterocycles. The van der Waals surface area contributed by atoms with Crippen molar-refractivity contribution >= 4 is 11.9 Å². The van der Waals surface area contributed by atoms with Gasteiger partial charge in [0.2, 0.25) is 5.91 Å². The number of aliphatic hydroxyl groups is 1. The van der Waals surface area contributed by atoms with E-state index in [2.05, 4.69) is 5.32 Å². The van der Waals surface area contributed by atoms with Crippen molar-refractivity contribution in [1.29, 1.82) is 0 Å². The van der Waals surface area contributed by atoms with Crippen LogP contribution in [0.2, 0.25) is 0 Å². The van der Waals surface area contributed by atoms with Gasteiger partial charge < -0.3 is 20.7 Å². The van der Waals surface area contributed by atoms with Crippen LogP contribution < -0.4 is 45.7 Å². The summed E-state index contributed by atoms with van der Waals surface area (Å²) < 4.78 is 31.5. The molecule has 124 valence electrons. The molecule has 2 atom stereocenters. The van der Waals surface area contributed by atoms with E-state index in [1.54, 1.807) is 0 Å². The summed E-state index contributed by atoms with van der Waals surface area (Å²) in [5, 5.41) is 21.0. The number of nitrogens with one attached hydrogen (secondary N) is 1. The molecule has 0 aliphatic carbocycles. The van der Waals surface area contributed by atoms with E-state index in [1.165, 1.54) is 6.92 Å². The summed E-state index contributed by atoms with van der Waals surface area (Å²) in [6.07, 6.45) is -5.98. The van der Waals surface area contributed by atoms with Gasteiger partial charge in [-0.1, -0.05) is 30.3 Å². The van der Waals surface area contributed by atoms with Crippen LogP contribution in [0.25, 0.3) is 0 Å². The second-order valence-corrected chi connectivity index (χ2v) is 4.27. The van der Waals surface area contributed by atoms with Crippen molar-refractivity contribution in [2.45, 2.75) is 31.8 Å². The Morgan fingerprint density at radius 3 is 2.04 bits per heavy atom. The molecule has 1 aromatic rings. The largest absolute Gasteiger partial charge is 1.00 e. The number of halogens is 3. The second kappa shape index (κ2) is 11.4. The Balaban J connectivity index is 0. The first-order valence-corrected chi connectivity index (χ1v) is 6.08. The summed E-state index contributed by atoms with van der Waals surface area (Å²) in [4.78, 5) is 19.7. The average molecular weight is 344 g/mol. The number of amides is 1. The quantitative estimate of drug-likeness (QED) is 0.476. The number of primary amides is 1. The van der Waals surface area contributed by atoms with Crippen molar-refractivity contribution in [3.8, 4) is 0 Å². The van der Waals surface area contributed by atoms with Crippen LogP contribution in [0, 0.1) is 0 Å². The maximum atomic E-state index is 11.0. The topological polar surface area (TPSA) is 115 Å². The van der Waals surface area contributed by atoms with Crippen molar-refractivity contribution in [2.75, 3.05) is 0 Å². The summed E-state index contributed by atoms with van der Waals surface area (Å²) in [6.45, 7) is 2.05. The normalized spacial score (nSPS) is 12.9. The molecular formula is C13H16F3N2NaO4. The Kier molecular flexibility index (Phi) is 12.0. The van der Waals surface area contributed by atoms with E-state index in [-0.39, 0.29) is 29.6 Å². The van der Waals surface area contributed by atoms with Crippen LogP contribution in [0.3, 0.4) is 0 Å². The molecule has 4 N–H and O–H groups in total. The molecule has 2 unspecified atom stereocenters. The first-order chi connectivity index (χ1) is 10.1. The third-order valence-corrected chi connectivity index (χ3v) is 2.39. The van der Waals surface area contributed by atoms with Gasteiger partial charge in [-0.15, -0.1) is 0 Å². The molecule has 0 heterocycles. The third-order valence-electron chi connectivity index (χ3n) is 2.39. The van der Waals surface area contributed by atoms with Gasteiger partial charge in [0, 0.05) is 6.54 Å². The Bertz CT molecular complexity index is 484. The first-order valence-electron chi connectivity index (χ1n) is 6.08. The molecule has 0 bridgehead atoms. The molecule has 0 aliphatic rings. The van der Waals surface area contributed by atoms with Gasteiger partial charge in [0.25, 0.3) is 0 Å². The van der Waals surface area contributed by atoms with Crippen molar-refractivity contribution in [2.24, 2.45) is 5.73 Å². The van der Waals surface area contributed by atoms with Crippen LogP contribution in [0.15, 0.2) is 30.3 Å². The predicted molar refractivity (Wildman–Crippen MR) is 69.0 cm³/mol. The number of alkyl halides is 3. The number of aliphatic hydroxyl groups excluding tert-OH is 1. The van der Waals surface area contributed by atoms with Crippen LogP contribution in [0.5, 0.6) is 0 Å². The fraction of sp³-hybridized carbons (Fsp3) is 0.385. The Hall–Kier alpha value is -1.13. The summed E-state index contributed by atoms with van der Waals surface area (Å²) in [6, 6.07) is 8.92. The van der Waals surface area contributed by atoms with Crippen molar-refractivity contribution < 1.29 is 62.5 Å². The molecule has 0 saturated carbocycles. The molecule has 6 nitrogen and oxygen atoms in total. The number of benzene rings is 1. The minimum Gasteiger partial charge on any atom is -0.542 e. The van der Waals surface area contributed by atoms with E-state index in [0.29, 0.717) is 6.54 Å². The standard InChI is InChI=1S/C11H16N2O2.C2HF3O2.Na/c1-8(14)10(11(12)15)13-7-9-5-3-2-4-6-9;3-2(4,5)1(6)7;/h2-6,8,10,13-14H,7H2,1H3,(H2,12,15);(H,6,7);/q;;+1/p-1. The van der Waals surface area contributed by atoms with Gasteiger partial charge in [-0.05, 0) is 12.5 Å². The smallest absolute Gasteiger partial charge is 0.542 e. The summed E-state index contributed by atoms with van der Waals surface area (Å²) >= 11 is 0. The molecule has 1 rings (SSSR count). The average Bonchev–Trinajstić information content (AvgIpc) is 2.38. The van der Waals surface area contributed by atoms with Crippen molar-refractivity contribution in [3.05, 3.63) is 35.9 Å². The summed E-state index contributed by atoms with van der Waals surface area (Å²) in [5.74, 6) is -3.55. The van der Waals surface area contributed by atoms with Gasteiger partial charge in [0.15, 0.2) is 0 Å². The Labute approximate surface area is 153 Å². The number of carboxylic acid groups (broad SMARTS) is 1. The van der Waals surface area contributed by atoms with Gasteiger partial charge in [-0.25, -0.2) is 0 Å². The van der Waals surface area contributed by atoms with Crippen LogP contribution >= 0.6 is 0 Å². The molecule has 1 aromatic carbocycles. The van der Waals surface area contributed by atoms with Crippen LogP contribution in [-0.4, -0.2) is 35.3 Å². The molecule has 0 aliphatic heterocycles. The summed E-state index contributed by atoms with van der Waals surface area (Å²) in [7, 11) is 0. The van der Waals surface area contributed by atoms with Gasteiger partial charge in [0.05, 0.1) is 6.10 Å². The van der Waals surface area contributed by atoms with E-state index in [9.17, 15) is 23.1 Å². The number of rotatable bonds is 5. The number of hydrogen-bond acceptors (Lipinski definition) is 5. The summed E-state index contributed by atoms with van der Waals surface area (Å²) in [5.41, 5.74) is 6.19. The zero-order valence-corrected chi connectivity index (χ0v) is 14.6. The fourth-order valence-corrected chi connectivity index (χ4v) is 1.33. The number of nitrogens with two attached hydrogens (primary N) is 1. The van der Waals surface area contributed by atoms with Gasteiger partial charge in [0.1, 0.15) is 12.0 Å². The van der Waals surface area contributed by atoms with E-state index in [4.69, 9.17) is 15.6 Å². The first kappa shape index (κ1) is 24.1. The zero-order valence-electron chi connectivity index (χ0n) is 12.6. The number of hydrogen-bond donors (Lipinski definition) is 3. The maximum Gasteiger partial charge on any atom is 1.00 e. The molecular weight excluding hydrogens is 328 g/mol. The maximum absolute atomic E-state index is 11.0. The van der Waals surface area contributed by atoms with Gasteiger partial charge in [-0.3, -0.25) is 10.1 Å². The number of carboxylic acids is 1. The monoisotopic (exact) mass is 344 g/mol. The molecule has 0 spiro atoms. The van der Waals surface area contributed by atoms with Crippen LogP contribution in [0.4, 0.5) is 13.2 Å². The minimum absolute atomic E-state index is 0. The van der Waals surface area contributed by atoms with Gasteiger partial charge >= 0.3 is 35.7 Å². The molecule has 1 amide bonds. The molecule has 0 radical (unpaired) electrons. The molecule has 0 aromatic heterocycles. The van der Waals surface area contributed by atoms with Crippen LogP contribution in [0.1, 0.15) is 12.5 Å². The number of carbonyl (C=O) groups is 2. The minimum atomic E-state index is -5.19. The van der Waals surface area contributed by atoms with E-state index < -0.39 is 30.2 Å². The molecule has 23 heavy (non-hydrogen) atoms. The SMILES string of the molecule is CC(O)C(NCc1ccccc1)C(N)=O.O=C([O-])C(F)(F)F.[Na+]. The zero-order chi connectivity index (χ0) is 17.3. The van der Waals surface area contributed by atoms with E-state index in [0.717, 1.165) is 5.56 Å². The Morgan fingerprint density at radius 2 is 1.74 bits per heavy atom. The predicted octanol–water partition coefficient (Wildman–Crippen LogP) is -3.69. The van der Waals surface area contributed by atoms with Crippen molar-refractivity contribution in [3.63, 3.8) is 0 Å². The second-order valence-electron chi connectivity index (χ2n) is 4.27. The third kappa shape index (κ3) is 11.1. The number of carbonyl (C=O) groups excluding carboxylic acids is 2. The van der Waals surface area contributed by atoms with E-state index >= 15 is 0 Å². The van der Waals surface area contributed by atoms with Crippen molar-refractivity contribution in [1.82, 2.24) is 5.32 Å². The molecule has 0 fully saturated rings. The van der Waals surface area contributed by atoms with E-state index in [1.807, 2.05) is 30.3 Å². The Morgan fingerprint density at radius 1 is 1.30 bits per heavy atom. The molecule has 10 heteroatoms.